The normalized spacial score (nSPS) is 13.5. The van der Waals surface area contributed by atoms with Crippen molar-refractivity contribution < 1.29 is 13.2 Å². The van der Waals surface area contributed by atoms with Crippen molar-refractivity contribution in [1.82, 2.24) is 5.32 Å². The summed E-state index contributed by atoms with van der Waals surface area (Å²) in [6.45, 7) is 5.93. The predicted octanol–water partition coefficient (Wildman–Crippen LogP) is 3.54. The third-order valence-corrected chi connectivity index (χ3v) is 2.28. The lowest BCUT2D eigenvalue weighted by Crippen LogP contribution is -2.19. The molecule has 1 aromatic rings. The average molecular weight is 229 g/mol. The fourth-order valence-corrected chi connectivity index (χ4v) is 1.36. The van der Waals surface area contributed by atoms with Crippen LogP contribution in [0, 0.1) is 0 Å². The van der Waals surface area contributed by atoms with Gasteiger partial charge < -0.3 is 5.32 Å². The van der Waals surface area contributed by atoms with Crippen LogP contribution in [0.2, 0.25) is 0 Å². The highest BCUT2D eigenvalue weighted by atomic mass is 19.4. The molecule has 0 bridgehead atoms. The molecule has 0 aliphatic carbocycles. The van der Waals surface area contributed by atoms with Gasteiger partial charge in [0.05, 0.1) is 5.56 Å². The van der Waals surface area contributed by atoms with E-state index in [0.29, 0.717) is 12.1 Å². The maximum atomic E-state index is 12.4. The van der Waals surface area contributed by atoms with E-state index in [9.17, 15) is 13.2 Å². The number of rotatable bonds is 4. The lowest BCUT2D eigenvalue weighted by atomic mass is 10.0. The van der Waals surface area contributed by atoms with E-state index >= 15 is 0 Å². The Labute approximate surface area is 93.0 Å². The van der Waals surface area contributed by atoms with Gasteiger partial charge in [0.2, 0.25) is 0 Å². The largest absolute Gasteiger partial charge is 0.416 e. The van der Waals surface area contributed by atoms with Gasteiger partial charge in [-0.15, -0.1) is 6.58 Å². The molecule has 0 aromatic heterocycles. The summed E-state index contributed by atoms with van der Waals surface area (Å²) < 4.78 is 37.3. The molecule has 1 atom stereocenters. The Morgan fingerprint density at radius 3 is 2.69 bits per heavy atom. The third-order valence-electron chi connectivity index (χ3n) is 2.28. The molecule has 1 nitrogen and oxygen atoms in total. The fourth-order valence-electron chi connectivity index (χ4n) is 1.36. The molecule has 1 aromatic carbocycles. The highest BCUT2D eigenvalue weighted by Gasteiger charge is 2.30. The summed E-state index contributed by atoms with van der Waals surface area (Å²) in [4.78, 5) is 0. The third kappa shape index (κ3) is 3.38. The number of hydrogen-bond donors (Lipinski definition) is 1. The minimum absolute atomic E-state index is 0.125. The Kier molecular flexibility index (Phi) is 4.12. The van der Waals surface area contributed by atoms with Crippen LogP contribution in [0.4, 0.5) is 13.2 Å². The van der Waals surface area contributed by atoms with Crippen molar-refractivity contribution in [2.75, 3.05) is 6.54 Å². The van der Waals surface area contributed by atoms with Crippen LogP contribution in [0.3, 0.4) is 0 Å². The van der Waals surface area contributed by atoms with Crippen molar-refractivity contribution in [1.29, 1.82) is 0 Å². The maximum absolute atomic E-state index is 12.4. The van der Waals surface area contributed by atoms with Gasteiger partial charge in [0, 0.05) is 12.6 Å². The molecule has 0 aliphatic rings. The lowest BCUT2D eigenvalue weighted by molar-refractivity contribution is -0.137. The molecule has 0 amide bonds. The lowest BCUT2D eigenvalue weighted by Gasteiger charge is -2.15. The van der Waals surface area contributed by atoms with Crippen LogP contribution < -0.4 is 5.32 Å². The zero-order chi connectivity index (χ0) is 12.2. The fraction of sp³-hybridized carbons (Fsp3) is 0.333. The van der Waals surface area contributed by atoms with E-state index in [1.54, 1.807) is 12.1 Å². The molecule has 0 saturated carbocycles. The van der Waals surface area contributed by atoms with Gasteiger partial charge in [0.25, 0.3) is 0 Å². The Bertz CT molecular complexity index is 358. The number of benzene rings is 1. The molecule has 88 valence electrons. The maximum Gasteiger partial charge on any atom is 0.416 e. The van der Waals surface area contributed by atoms with Gasteiger partial charge >= 0.3 is 6.18 Å². The van der Waals surface area contributed by atoms with Gasteiger partial charge in [-0.1, -0.05) is 18.2 Å². The molecule has 16 heavy (non-hydrogen) atoms. The molecule has 0 fully saturated rings. The molecule has 1 unspecified atom stereocenters. The Morgan fingerprint density at radius 1 is 1.44 bits per heavy atom. The number of nitrogens with one attached hydrogen (secondary N) is 1. The van der Waals surface area contributed by atoms with E-state index < -0.39 is 11.7 Å². The molecule has 0 spiro atoms. The monoisotopic (exact) mass is 229 g/mol. The zero-order valence-electron chi connectivity index (χ0n) is 9.01. The first-order valence-electron chi connectivity index (χ1n) is 4.96. The zero-order valence-corrected chi connectivity index (χ0v) is 9.01. The quantitative estimate of drug-likeness (QED) is 0.778. The Morgan fingerprint density at radius 2 is 2.12 bits per heavy atom. The minimum atomic E-state index is -4.28. The summed E-state index contributed by atoms with van der Waals surface area (Å²) in [7, 11) is 0. The summed E-state index contributed by atoms with van der Waals surface area (Å²) in [6.07, 6.45) is -2.61. The topological polar surface area (TPSA) is 12.0 Å². The van der Waals surface area contributed by atoms with E-state index in [1.165, 1.54) is 12.1 Å². The first-order valence-corrected chi connectivity index (χ1v) is 4.96. The molecule has 0 aliphatic heterocycles. The van der Waals surface area contributed by atoms with Crippen molar-refractivity contribution in [2.24, 2.45) is 0 Å². The molecule has 0 radical (unpaired) electrons. The summed E-state index contributed by atoms with van der Waals surface area (Å²) >= 11 is 0. The molecular weight excluding hydrogens is 215 g/mol. The first-order chi connectivity index (χ1) is 7.45. The van der Waals surface area contributed by atoms with Crippen molar-refractivity contribution in [2.45, 2.75) is 19.1 Å². The van der Waals surface area contributed by atoms with E-state index in [0.717, 1.165) is 6.07 Å². The Hall–Kier alpha value is -1.29. The van der Waals surface area contributed by atoms with E-state index in [-0.39, 0.29) is 6.04 Å². The van der Waals surface area contributed by atoms with Gasteiger partial charge in [0.15, 0.2) is 0 Å². The van der Waals surface area contributed by atoms with Crippen molar-refractivity contribution in [3.63, 3.8) is 0 Å². The Balaban J connectivity index is 2.85. The van der Waals surface area contributed by atoms with Crippen LogP contribution in [-0.2, 0) is 6.18 Å². The number of alkyl halides is 3. The smallest absolute Gasteiger partial charge is 0.307 e. The summed E-state index contributed by atoms with van der Waals surface area (Å²) in [6, 6.07) is 5.21. The van der Waals surface area contributed by atoms with Crippen LogP contribution in [0.25, 0.3) is 0 Å². The summed E-state index contributed by atoms with van der Waals surface area (Å²) in [5.41, 5.74) is 0.00827. The number of hydrogen-bond acceptors (Lipinski definition) is 1. The second-order valence-corrected chi connectivity index (χ2v) is 3.54. The highest BCUT2D eigenvalue weighted by Crippen LogP contribution is 2.30. The van der Waals surface area contributed by atoms with E-state index in [1.807, 2.05) is 6.92 Å². The highest BCUT2D eigenvalue weighted by molar-refractivity contribution is 5.27. The van der Waals surface area contributed by atoms with Crippen LogP contribution in [0.15, 0.2) is 36.9 Å². The van der Waals surface area contributed by atoms with Gasteiger partial charge in [-0.05, 0) is 24.6 Å². The minimum Gasteiger partial charge on any atom is -0.307 e. The second kappa shape index (κ2) is 5.16. The second-order valence-electron chi connectivity index (χ2n) is 3.54. The van der Waals surface area contributed by atoms with Gasteiger partial charge in [-0.2, -0.15) is 13.2 Å². The molecule has 1 N–H and O–H groups in total. The van der Waals surface area contributed by atoms with Gasteiger partial charge in [-0.3, -0.25) is 0 Å². The van der Waals surface area contributed by atoms with Crippen LogP contribution in [-0.4, -0.2) is 6.54 Å². The average Bonchev–Trinajstić information content (AvgIpc) is 2.25. The molecule has 1 rings (SSSR count). The molecule has 0 saturated heterocycles. The van der Waals surface area contributed by atoms with Crippen molar-refractivity contribution in [3.05, 3.63) is 48.0 Å². The van der Waals surface area contributed by atoms with Crippen LogP contribution in [0.5, 0.6) is 0 Å². The summed E-state index contributed by atoms with van der Waals surface area (Å²) in [5, 5.41) is 3.04. The van der Waals surface area contributed by atoms with Gasteiger partial charge in [-0.25, -0.2) is 0 Å². The summed E-state index contributed by atoms with van der Waals surface area (Å²) in [5.74, 6) is 0. The van der Waals surface area contributed by atoms with Crippen molar-refractivity contribution in [3.8, 4) is 0 Å². The van der Waals surface area contributed by atoms with Gasteiger partial charge in [0.1, 0.15) is 0 Å². The van der Waals surface area contributed by atoms with Crippen molar-refractivity contribution >= 4 is 0 Å². The molecule has 4 heteroatoms. The molecular formula is C12H14F3N. The molecule has 0 heterocycles. The standard InChI is InChI=1S/C12H14F3N/c1-3-7-16-9(2)10-5-4-6-11(8-10)12(13,14)15/h3-6,8-9,16H,1,7H2,2H3. The van der Waals surface area contributed by atoms with E-state index in [4.69, 9.17) is 0 Å². The SMILES string of the molecule is C=CCNC(C)c1cccc(C(F)(F)F)c1. The van der Waals surface area contributed by atoms with E-state index in [2.05, 4.69) is 11.9 Å². The predicted molar refractivity (Wildman–Crippen MR) is 58.1 cm³/mol. The van der Waals surface area contributed by atoms with Crippen LogP contribution >= 0.6 is 0 Å². The first kappa shape index (κ1) is 12.8. The van der Waals surface area contributed by atoms with Crippen LogP contribution in [0.1, 0.15) is 24.1 Å². The number of halogens is 3.